The van der Waals surface area contributed by atoms with Crippen molar-refractivity contribution in [2.24, 2.45) is 0 Å². The van der Waals surface area contributed by atoms with Crippen LogP contribution in [0.5, 0.6) is 0 Å². The van der Waals surface area contributed by atoms with E-state index in [2.05, 4.69) is 12.2 Å². The van der Waals surface area contributed by atoms with Gasteiger partial charge in [-0.3, -0.25) is 0 Å². The second kappa shape index (κ2) is 7.17. The van der Waals surface area contributed by atoms with Gasteiger partial charge in [0.1, 0.15) is 0 Å². The summed E-state index contributed by atoms with van der Waals surface area (Å²) in [5.41, 5.74) is -0.0528. The zero-order valence-corrected chi connectivity index (χ0v) is 9.73. The van der Waals surface area contributed by atoms with Gasteiger partial charge < -0.3 is 10.1 Å². The molecule has 0 aliphatic rings. The van der Waals surface area contributed by atoms with E-state index in [0.29, 0.717) is 19.8 Å². The maximum Gasteiger partial charge on any atom is 0.196 e. The van der Waals surface area contributed by atoms with Gasteiger partial charge in [0.05, 0.1) is 12.3 Å². The van der Waals surface area contributed by atoms with Crippen molar-refractivity contribution < 1.29 is 17.9 Å². The molecule has 1 N–H and O–H groups in total. The van der Waals surface area contributed by atoms with E-state index in [1.165, 1.54) is 6.07 Å². The van der Waals surface area contributed by atoms with E-state index in [1.807, 2.05) is 0 Å². The fourth-order valence-electron chi connectivity index (χ4n) is 1.27. The molecular formula is C12H16F3NO. The van der Waals surface area contributed by atoms with E-state index in [1.54, 1.807) is 0 Å². The van der Waals surface area contributed by atoms with Crippen LogP contribution in [0.15, 0.2) is 12.1 Å². The van der Waals surface area contributed by atoms with Gasteiger partial charge >= 0.3 is 0 Å². The number of hydrogen-bond acceptors (Lipinski definition) is 2. The van der Waals surface area contributed by atoms with Crippen molar-refractivity contribution in [1.29, 1.82) is 0 Å². The van der Waals surface area contributed by atoms with Gasteiger partial charge in [0, 0.05) is 13.2 Å². The molecule has 1 aromatic carbocycles. The minimum absolute atomic E-state index is 0.0528. The molecule has 0 amide bonds. The first-order valence-electron chi connectivity index (χ1n) is 5.62. The lowest BCUT2D eigenvalue weighted by Gasteiger charge is -2.08. The lowest BCUT2D eigenvalue weighted by atomic mass is 10.3. The Labute approximate surface area is 98.8 Å². The molecule has 0 aliphatic carbocycles. The van der Waals surface area contributed by atoms with E-state index in [9.17, 15) is 13.2 Å². The van der Waals surface area contributed by atoms with Crippen LogP contribution in [0, 0.1) is 17.5 Å². The maximum absolute atomic E-state index is 13.2. The molecule has 0 fully saturated rings. The summed E-state index contributed by atoms with van der Waals surface area (Å²) in [6.45, 7) is 3.46. The Bertz CT molecular complexity index is 358. The summed E-state index contributed by atoms with van der Waals surface area (Å²) in [4.78, 5) is 0. The molecule has 0 spiro atoms. The van der Waals surface area contributed by atoms with Crippen LogP contribution in [0.1, 0.15) is 19.8 Å². The van der Waals surface area contributed by atoms with Crippen molar-refractivity contribution in [3.8, 4) is 0 Å². The van der Waals surface area contributed by atoms with Crippen molar-refractivity contribution >= 4 is 5.69 Å². The van der Waals surface area contributed by atoms with Crippen molar-refractivity contribution in [2.45, 2.75) is 19.8 Å². The Hall–Kier alpha value is -1.23. The predicted octanol–water partition coefficient (Wildman–Crippen LogP) is 3.33. The fraction of sp³-hybridized carbons (Fsp3) is 0.500. The second-order valence-electron chi connectivity index (χ2n) is 3.62. The molecule has 0 saturated heterocycles. The third kappa shape index (κ3) is 4.26. The molecule has 0 aromatic heterocycles. The molecule has 0 bridgehead atoms. The van der Waals surface area contributed by atoms with Crippen LogP contribution in [-0.4, -0.2) is 19.8 Å². The minimum Gasteiger partial charge on any atom is -0.380 e. The fourth-order valence-corrected chi connectivity index (χ4v) is 1.27. The van der Waals surface area contributed by atoms with Crippen LogP contribution < -0.4 is 5.32 Å². The molecule has 0 saturated carbocycles. The zero-order valence-electron chi connectivity index (χ0n) is 9.73. The standard InChI is InChI=1S/C12H16F3NO/c1-2-3-7-17-8-6-16-10-5-4-9(13)11(14)12(10)15/h4-5,16H,2-3,6-8H2,1H3. The number of unbranched alkanes of at least 4 members (excludes halogenated alkanes) is 1. The summed E-state index contributed by atoms with van der Waals surface area (Å²) in [5.74, 6) is -3.84. The van der Waals surface area contributed by atoms with Gasteiger partial charge in [-0.2, -0.15) is 0 Å². The van der Waals surface area contributed by atoms with Crippen molar-refractivity contribution in [1.82, 2.24) is 0 Å². The Kier molecular flexibility index (Phi) is 5.83. The Morgan fingerprint density at radius 1 is 1.12 bits per heavy atom. The number of ether oxygens (including phenoxy) is 1. The Balaban J connectivity index is 2.35. The molecule has 0 atom stereocenters. The molecule has 96 valence electrons. The minimum atomic E-state index is -1.46. The number of nitrogens with one attached hydrogen (secondary N) is 1. The number of hydrogen-bond donors (Lipinski definition) is 1. The third-order valence-corrected chi connectivity index (χ3v) is 2.24. The van der Waals surface area contributed by atoms with Crippen LogP contribution in [0.25, 0.3) is 0 Å². The molecule has 0 unspecified atom stereocenters. The summed E-state index contributed by atoms with van der Waals surface area (Å²) in [7, 11) is 0. The number of rotatable bonds is 7. The molecule has 0 aliphatic heterocycles. The summed E-state index contributed by atoms with van der Waals surface area (Å²) in [6, 6.07) is 2.05. The van der Waals surface area contributed by atoms with E-state index in [-0.39, 0.29) is 5.69 Å². The number of benzene rings is 1. The predicted molar refractivity (Wildman–Crippen MR) is 60.5 cm³/mol. The van der Waals surface area contributed by atoms with Gasteiger partial charge in [0.2, 0.25) is 0 Å². The summed E-state index contributed by atoms with van der Waals surface area (Å²) in [5, 5.41) is 2.65. The Morgan fingerprint density at radius 3 is 2.59 bits per heavy atom. The molecule has 1 rings (SSSR count). The first-order chi connectivity index (χ1) is 8.16. The molecule has 2 nitrogen and oxygen atoms in total. The SMILES string of the molecule is CCCCOCCNc1ccc(F)c(F)c1F. The average molecular weight is 247 g/mol. The van der Waals surface area contributed by atoms with E-state index in [0.717, 1.165) is 18.9 Å². The topological polar surface area (TPSA) is 21.3 Å². The molecule has 1 aromatic rings. The zero-order chi connectivity index (χ0) is 12.7. The number of anilines is 1. The van der Waals surface area contributed by atoms with Crippen molar-refractivity contribution in [3.05, 3.63) is 29.6 Å². The highest BCUT2D eigenvalue weighted by atomic mass is 19.2. The van der Waals surface area contributed by atoms with E-state index >= 15 is 0 Å². The normalized spacial score (nSPS) is 10.6. The maximum atomic E-state index is 13.2. The molecule has 0 heterocycles. The molecule has 0 radical (unpaired) electrons. The largest absolute Gasteiger partial charge is 0.380 e. The highest BCUT2D eigenvalue weighted by Gasteiger charge is 2.12. The number of halogens is 3. The van der Waals surface area contributed by atoms with Gasteiger partial charge in [0.15, 0.2) is 17.5 Å². The van der Waals surface area contributed by atoms with Gasteiger partial charge in [-0.25, -0.2) is 13.2 Å². The third-order valence-electron chi connectivity index (χ3n) is 2.24. The van der Waals surface area contributed by atoms with Crippen molar-refractivity contribution in [2.75, 3.05) is 25.1 Å². The highest BCUT2D eigenvalue weighted by molar-refractivity contribution is 5.45. The lowest BCUT2D eigenvalue weighted by molar-refractivity contribution is 0.141. The van der Waals surface area contributed by atoms with Gasteiger partial charge in [0.25, 0.3) is 0 Å². The van der Waals surface area contributed by atoms with Crippen molar-refractivity contribution in [3.63, 3.8) is 0 Å². The average Bonchev–Trinajstić information content (AvgIpc) is 2.33. The van der Waals surface area contributed by atoms with Gasteiger partial charge in [-0.05, 0) is 18.6 Å². The van der Waals surface area contributed by atoms with Gasteiger partial charge in [-0.1, -0.05) is 13.3 Å². The summed E-state index contributed by atoms with van der Waals surface area (Å²) < 4.78 is 43.9. The Morgan fingerprint density at radius 2 is 1.88 bits per heavy atom. The van der Waals surface area contributed by atoms with Crippen LogP contribution in [0.4, 0.5) is 18.9 Å². The summed E-state index contributed by atoms with van der Waals surface area (Å²) >= 11 is 0. The first kappa shape index (κ1) is 13.8. The van der Waals surface area contributed by atoms with Crippen LogP contribution in [-0.2, 0) is 4.74 Å². The molecular weight excluding hydrogens is 231 g/mol. The van der Waals surface area contributed by atoms with Crippen LogP contribution in [0.2, 0.25) is 0 Å². The quantitative estimate of drug-likeness (QED) is 0.589. The van der Waals surface area contributed by atoms with Gasteiger partial charge in [-0.15, -0.1) is 0 Å². The smallest absolute Gasteiger partial charge is 0.196 e. The summed E-state index contributed by atoms with van der Waals surface area (Å²) in [6.07, 6.45) is 2.02. The highest BCUT2D eigenvalue weighted by Crippen LogP contribution is 2.19. The lowest BCUT2D eigenvalue weighted by Crippen LogP contribution is -2.11. The van der Waals surface area contributed by atoms with E-state index < -0.39 is 17.5 Å². The molecule has 5 heteroatoms. The first-order valence-corrected chi connectivity index (χ1v) is 5.62. The second-order valence-corrected chi connectivity index (χ2v) is 3.62. The monoisotopic (exact) mass is 247 g/mol. The van der Waals surface area contributed by atoms with Crippen LogP contribution >= 0.6 is 0 Å². The van der Waals surface area contributed by atoms with E-state index in [4.69, 9.17) is 4.74 Å². The molecule has 17 heavy (non-hydrogen) atoms. The van der Waals surface area contributed by atoms with Crippen LogP contribution in [0.3, 0.4) is 0 Å².